The summed E-state index contributed by atoms with van der Waals surface area (Å²) in [5.41, 5.74) is 2.87. The first-order valence-electron chi connectivity index (χ1n) is 11.6. The normalized spacial score (nSPS) is 12.0. The molecule has 0 spiro atoms. The van der Waals surface area contributed by atoms with Gasteiger partial charge in [-0.2, -0.15) is 11.8 Å². The van der Waals surface area contributed by atoms with Gasteiger partial charge in [-0.25, -0.2) is 0 Å². The molecule has 8 nitrogen and oxygen atoms in total. The summed E-state index contributed by atoms with van der Waals surface area (Å²) in [7, 11) is 0. The molecule has 0 saturated carbocycles. The average molecular weight is 500 g/mol. The molecule has 9 heteroatoms. The van der Waals surface area contributed by atoms with Gasteiger partial charge in [0.05, 0.1) is 12.5 Å². The third kappa shape index (κ3) is 5.26. The minimum atomic E-state index is -0.325. The van der Waals surface area contributed by atoms with E-state index < -0.39 is 0 Å². The van der Waals surface area contributed by atoms with E-state index in [1.807, 2.05) is 71.5 Å². The summed E-state index contributed by atoms with van der Waals surface area (Å²) in [6, 6.07) is 21.9. The van der Waals surface area contributed by atoms with Gasteiger partial charge in [-0.05, 0) is 60.4 Å². The number of rotatable bonds is 9. The van der Waals surface area contributed by atoms with Crippen LogP contribution < -0.4 is 10.6 Å². The van der Waals surface area contributed by atoms with Crippen LogP contribution in [0.4, 0.5) is 5.69 Å². The largest absolute Gasteiger partial charge is 0.451 e. The van der Waals surface area contributed by atoms with Crippen LogP contribution in [-0.2, 0) is 11.2 Å². The van der Waals surface area contributed by atoms with Crippen molar-refractivity contribution >= 4 is 45.9 Å². The number of anilines is 1. The second-order valence-electron chi connectivity index (χ2n) is 8.36. The summed E-state index contributed by atoms with van der Waals surface area (Å²) < 4.78 is 7.53. The quantitative estimate of drug-likeness (QED) is 0.300. The predicted octanol–water partition coefficient (Wildman–Crippen LogP) is 4.88. The van der Waals surface area contributed by atoms with Crippen LogP contribution >= 0.6 is 11.8 Å². The van der Waals surface area contributed by atoms with Crippen LogP contribution in [0.1, 0.15) is 34.4 Å². The Bertz CT molecular complexity index is 1480. The molecule has 0 aliphatic carbocycles. The second-order valence-corrected chi connectivity index (χ2v) is 9.35. The van der Waals surface area contributed by atoms with Crippen molar-refractivity contribution in [3.63, 3.8) is 0 Å². The summed E-state index contributed by atoms with van der Waals surface area (Å²) in [6.45, 7) is 0. The topological polar surface area (TPSA) is 102 Å². The molecule has 3 aromatic heterocycles. The molecule has 5 rings (SSSR count). The van der Waals surface area contributed by atoms with Gasteiger partial charge in [-0.15, -0.1) is 10.2 Å². The maximum Gasteiger partial charge on any atom is 0.291 e. The molecule has 2 N–H and O–H groups in total. The Kier molecular flexibility index (Phi) is 6.99. The minimum Gasteiger partial charge on any atom is -0.451 e. The number of benzene rings is 2. The number of hydrogen-bond donors (Lipinski definition) is 2. The van der Waals surface area contributed by atoms with Crippen LogP contribution in [0.5, 0.6) is 0 Å². The highest BCUT2D eigenvalue weighted by molar-refractivity contribution is 7.98. The monoisotopic (exact) mass is 499 g/mol. The first-order chi connectivity index (χ1) is 17.6. The number of carbonyl (C=O) groups excluding carboxylic acids is 2. The number of hydrogen-bond acceptors (Lipinski definition) is 6. The molecule has 3 heterocycles. The van der Waals surface area contributed by atoms with Gasteiger partial charge in [0.1, 0.15) is 5.58 Å². The van der Waals surface area contributed by atoms with Gasteiger partial charge in [0, 0.05) is 17.3 Å². The maximum absolute atomic E-state index is 12.9. The van der Waals surface area contributed by atoms with E-state index in [1.165, 1.54) is 0 Å². The summed E-state index contributed by atoms with van der Waals surface area (Å²) in [5.74, 6) is 1.42. The smallest absolute Gasteiger partial charge is 0.291 e. The maximum atomic E-state index is 12.9. The molecule has 1 atom stereocenters. The van der Waals surface area contributed by atoms with Crippen LogP contribution in [0.25, 0.3) is 16.6 Å². The number of aromatic nitrogens is 3. The number of amides is 2. The number of thioether (sulfide) groups is 1. The molecule has 0 aliphatic heterocycles. The van der Waals surface area contributed by atoms with Gasteiger partial charge in [-0.3, -0.25) is 14.0 Å². The number of nitrogens with one attached hydrogen (secondary N) is 2. The summed E-state index contributed by atoms with van der Waals surface area (Å²) in [6.07, 6.45) is 4.90. The third-order valence-corrected chi connectivity index (χ3v) is 6.47. The number of nitrogens with zero attached hydrogens (tertiary/aromatic N) is 3. The lowest BCUT2D eigenvalue weighted by molar-refractivity contribution is -0.121. The molecule has 0 fully saturated rings. The Hall–Kier alpha value is -4.11. The molecule has 182 valence electrons. The molecular formula is C27H25N5O3S. The van der Waals surface area contributed by atoms with Gasteiger partial charge in [0.15, 0.2) is 17.2 Å². The van der Waals surface area contributed by atoms with Crippen molar-refractivity contribution < 1.29 is 14.0 Å². The lowest BCUT2D eigenvalue weighted by Gasteiger charge is -2.17. The van der Waals surface area contributed by atoms with Crippen molar-refractivity contribution in [1.29, 1.82) is 0 Å². The molecule has 0 aliphatic rings. The summed E-state index contributed by atoms with van der Waals surface area (Å²) in [5, 5.41) is 15.4. The molecule has 0 radical (unpaired) electrons. The van der Waals surface area contributed by atoms with Crippen molar-refractivity contribution in [2.24, 2.45) is 0 Å². The summed E-state index contributed by atoms with van der Waals surface area (Å²) in [4.78, 5) is 25.5. The van der Waals surface area contributed by atoms with Gasteiger partial charge < -0.3 is 15.1 Å². The van der Waals surface area contributed by atoms with Crippen LogP contribution in [0.2, 0.25) is 0 Å². The minimum absolute atomic E-state index is 0.104. The van der Waals surface area contributed by atoms with E-state index in [4.69, 9.17) is 4.42 Å². The van der Waals surface area contributed by atoms with Crippen LogP contribution in [-0.4, -0.2) is 38.4 Å². The predicted molar refractivity (Wildman–Crippen MR) is 141 cm³/mol. The van der Waals surface area contributed by atoms with Crippen LogP contribution in [0.15, 0.2) is 83.4 Å². The lowest BCUT2D eigenvalue weighted by atomic mass is 10.1. The van der Waals surface area contributed by atoms with Crippen molar-refractivity contribution in [1.82, 2.24) is 19.9 Å². The van der Waals surface area contributed by atoms with Gasteiger partial charge in [-0.1, -0.05) is 36.4 Å². The first kappa shape index (κ1) is 23.6. The summed E-state index contributed by atoms with van der Waals surface area (Å²) >= 11 is 1.72. The zero-order valence-corrected chi connectivity index (χ0v) is 20.5. The Morgan fingerprint density at radius 2 is 1.83 bits per heavy atom. The van der Waals surface area contributed by atoms with Crippen LogP contribution in [0.3, 0.4) is 0 Å². The number of carbonyl (C=O) groups is 2. The van der Waals surface area contributed by atoms with E-state index in [2.05, 4.69) is 20.8 Å². The number of furan rings is 1. The highest BCUT2D eigenvalue weighted by Gasteiger charge is 2.20. The number of fused-ring (bicyclic) bond motifs is 2. The molecule has 5 aromatic rings. The Morgan fingerprint density at radius 3 is 2.64 bits per heavy atom. The van der Waals surface area contributed by atoms with Gasteiger partial charge in [0.2, 0.25) is 5.91 Å². The molecule has 1 unspecified atom stereocenters. The van der Waals surface area contributed by atoms with E-state index in [0.717, 1.165) is 34.6 Å². The molecule has 2 aromatic carbocycles. The van der Waals surface area contributed by atoms with E-state index in [9.17, 15) is 9.59 Å². The van der Waals surface area contributed by atoms with Gasteiger partial charge >= 0.3 is 0 Å². The Balaban J connectivity index is 1.22. The zero-order chi connectivity index (χ0) is 24.9. The first-order valence-corrected chi connectivity index (χ1v) is 13.0. The van der Waals surface area contributed by atoms with Crippen molar-refractivity contribution in [3.05, 3.63) is 96.1 Å². The molecular weight excluding hydrogens is 474 g/mol. The Morgan fingerprint density at radius 1 is 1.03 bits per heavy atom. The molecule has 2 amide bonds. The highest BCUT2D eigenvalue weighted by atomic mass is 32.2. The van der Waals surface area contributed by atoms with E-state index in [1.54, 1.807) is 30.0 Å². The van der Waals surface area contributed by atoms with Crippen molar-refractivity contribution in [3.8, 4) is 0 Å². The highest BCUT2D eigenvalue weighted by Crippen LogP contribution is 2.21. The average Bonchev–Trinajstić information content (AvgIpc) is 3.52. The fourth-order valence-corrected chi connectivity index (χ4v) is 4.49. The lowest BCUT2D eigenvalue weighted by Crippen LogP contribution is -2.31. The van der Waals surface area contributed by atoms with E-state index >= 15 is 0 Å². The second kappa shape index (κ2) is 10.7. The van der Waals surface area contributed by atoms with E-state index in [0.29, 0.717) is 11.3 Å². The fraction of sp³-hybridized carbons (Fsp3) is 0.185. The van der Waals surface area contributed by atoms with E-state index in [-0.39, 0.29) is 30.0 Å². The third-order valence-electron chi connectivity index (χ3n) is 5.82. The fourth-order valence-electron chi connectivity index (χ4n) is 4.02. The number of pyridine rings is 1. The van der Waals surface area contributed by atoms with Crippen molar-refractivity contribution in [2.45, 2.75) is 18.9 Å². The molecule has 36 heavy (non-hydrogen) atoms. The zero-order valence-electron chi connectivity index (χ0n) is 19.7. The Labute approximate surface area is 212 Å². The molecule has 0 saturated heterocycles. The standard InChI is InChI=1S/C27H25N5O3S/c1-36-15-13-21(26-31-30-24-8-4-5-14-32(24)26)29-25(33)16-18-9-11-20(12-10-18)28-27(34)23-17-19-6-2-3-7-22(19)35-23/h2-12,14,17,21H,13,15-16H2,1H3,(H,28,34)(H,29,33). The number of para-hydroxylation sites is 1. The van der Waals surface area contributed by atoms with Crippen molar-refractivity contribution in [2.75, 3.05) is 17.3 Å². The SMILES string of the molecule is CSCCC(NC(=O)Cc1ccc(NC(=O)c2cc3ccccc3o2)cc1)c1nnc2ccccn12. The van der Waals surface area contributed by atoms with Crippen LogP contribution in [0, 0.1) is 0 Å². The van der Waals surface area contributed by atoms with Gasteiger partial charge in [0.25, 0.3) is 5.91 Å². The molecule has 0 bridgehead atoms.